The first kappa shape index (κ1) is 28.3. The molecular formula is C30H47FN2O. The van der Waals surface area contributed by atoms with Gasteiger partial charge < -0.3 is 4.74 Å². The molecule has 2 aromatic rings. The van der Waals surface area contributed by atoms with Crippen LogP contribution in [0.1, 0.15) is 110 Å². The molecule has 0 aliphatic carbocycles. The zero-order valence-electron chi connectivity index (χ0n) is 21.9. The second kappa shape index (κ2) is 17.5. The molecule has 4 heteroatoms. The molecule has 0 saturated heterocycles. The zero-order valence-corrected chi connectivity index (χ0v) is 21.9. The van der Waals surface area contributed by atoms with Crippen molar-refractivity contribution in [2.24, 2.45) is 5.92 Å². The van der Waals surface area contributed by atoms with Gasteiger partial charge in [-0.2, -0.15) is 0 Å². The van der Waals surface area contributed by atoms with Gasteiger partial charge in [-0.05, 0) is 55.0 Å². The molecule has 2 rings (SSSR count). The van der Waals surface area contributed by atoms with Crippen LogP contribution < -0.4 is 4.74 Å². The third-order valence-electron chi connectivity index (χ3n) is 6.58. The molecule has 0 aliphatic rings. The van der Waals surface area contributed by atoms with E-state index in [1.54, 1.807) is 0 Å². The Labute approximate surface area is 208 Å². The summed E-state index contributed by atoms with van der Waals surface area (Å²) in [6.45, 7) is 6.88. The van der Waals surface area contributed by atoms with Gasteiger partial charge in [0, 0.05) is 18.0 Å². The molecule has 0 fully saturated rings. The van der Waals surface area contributed by atoms with Crippen molar-refractivity contribution in [3.8, 4) is 17.1 Å². The predicted molar refractivity (Wildman–Crippen MR) is 142 cm³/mol. The van der Waals surface area contributed by atoms with E-state index in [0.717, 1.165) is 30.7 Å². The Balaban J connectivity index is 1.66. The van der Waals surface area contributed by atoms with Crippen LogP contribution in [0.15, 0.2) is 36.7 Å². The van der Waals surface area contributed by atoms with Crippen molar-refractivity contribution < 1.29 is 9.13 Å². The highest BCUT2D eigenvalue weighted by molar-refractivity contribution is 5.55. The van der Waals surface area contributed by atoms with Crippen molar-refractivity contribution in [1.82, 2.24) is 9.97 Å². The topological polar surface area (TPSA) is 35.0 Å². The smallest absolute Gasteiger partial charge is 0.159 e. The molecule has 0 N–H and O–H groups in total. The van der Waals surface area contributed by atoms with E-state index in [2.05, 4.69) is 30.7 Å². The van der Waals surface area contributed by atoms with E-state index in [0.29, 0.717) is 18.1 Å². The Morgan fingerprint density at radius 3 is 2.09 bits per heavy atom. The number of benzene rings is 1. The monoisotopic (exact) mass is 470 g/mol. The Morgan fingerprint density at radius 1 is 0.765 bits per heavy atom. The van der Waals surface area contributed by atoms with Crippen molar-refractivity contribution in [3.63, 3.8) is 0 Å². The number of alkyl halides is 1. The van der Waals surface area contributed by atoms with E-state index in [9.17, 15) is 4.39 Å². The van der Waals surface area contributed by atoms with E-state index in [4.69, 9.17) is 4.74 Å². The first-order valence-electron chi connectivity index (χ1n) is 13.8. The number of halogens is 1. The molecule has 0 spiro atoms. The molecule has 190 valence electrons. The molecule has 0 radical (unpaired) electrons. The molecule has 0 saturated carbocycles. The third-order valence-corrected chi connectivity index (χ3v) is 6.58. The highest BCUT2D eigenvalue weighted by atomic mass is 19.1. The zero-order chi connectivity index (χ0) is 24.4. The van der Waals surface area contributed by atoms with E-state index < -0.39 is 6.17 Å². The normalized spacial score (nSPS) is 13.1. The van der Waals surface area contributed by atoms with Gasteiger partial charge in [0.25, 0.3) is 0 Å². The molecule has 3 nitrogen and oxygen atoms in total. The van der Waals surface area contributed by atoms with Crippen LogP contribution in [-0.2, 0) is 6.42 Å². The molecule has 1 heterocycles. The summed E-state index contributed by atoms with van der Waals surface area (Å²) >= 11 is 0. The molecule has 2 atom stereocenters. The van der Waals surface area contributed by atoms with Crippen LogP contribution in [-0.4, -0.2) is 22.7 Å². The number of nitrogens with zero attached hydrogens (tertiary/aromatic N) is 2. The molecule has 0 amide bonds. The Hall–Kier alpha value is -1.97. The third kappa shape index (κ3) is 11.9. The number of ether oxygens (including phenoxy) is 1. The highest BCUT2D eigenvalue weighted by Crippen LogP contribution is 2.21. The van der Waals surface area contributed by atoms with Crippen LogP contribution >= 0.6 is 0 Å². The summed E-state index contributed by atoms with van der Waals surface area (Å²) in [6.07, 6.45) is 19.5. The van der Waals surface area contributed by atoms with Gasteiger partial charge in [-0.15, -0.1) is 0 Å². The summed E-state index contributed by atoms with van der Waals surface area (Å²) < 4.78 is 19.9. The van der Waals surface area contributed by atoms with Crippen LogP contribution in [0.25, 0.3) is 11.4 Å². The van der Waals surface area contributed by atoms with Gasteiger partial charge in [0.05, 0.1) is 0 Å². The summed E-state index contributed by atoms with van der Waals surface area (Å²) in [4.78, 5) is 9.08. The fourth-order valence-corrected chi connectivity index (χ4v) is 4.29. The second-order valence-electron chi connectivity index (χ2n) is 9.90. The number of hydrogen-bond donors (Lipinski definition) is 0. The van der Waals surface area contributed by atoms with Gasteiger partial charge in [-0.1, -0.05) is 91.4 Å². The van der Waals surface area contributed by atoms with Gasteiger partial charge >= 0.3 is 0 Å². The second-order valence-corrected chi connectivity index (χ2v) is 9.90. The Bertz CT molecular complexity index is 747. The predicted octanol–water partition coefficient (Wildman–Crippen LogP) is 9.15. The Kier molecular flexibility index (Phi) is 14.5. The minimum atomic E-state index is -0.912. The quantitative estimate of drug-likeness (QED) is 0.192. The van der Waals surface area contributed by atoms with E-state index in [1.165, 1.54) is 69.8 Å². The van der Waals surface area contributed by atoms with Crippen LogP contribution in [0.4, 0.5) is 4.39 Å². The molecule has 0 bridgehead atoms. The lowest BCUT2D eigenvalue weighted by molar-refractivity contribution is 0.182. The summed E-state index contributed by atoms with van der Waals surface area (Å²) in [5.41, 5.74) is 2.15. The lowest BCUT2D eigenvalue weighted by atomic mass is 9.97. The van der Waals surface area contributed by atoms with Crippen molar-refractivity contribution in [2.75, 3.05) is 6.61 Å². The number of aromatic nitrogens is 2. The lowest BCUT2D eigenvalue weighted by Crippen LogP contribution is -2.13. The minimum Gasteiger partial charge on any atom is -0.491 e. The fourth-order valence-electron chi connectivity index (χ4n) is 4.29. The average molecular weight is 471 g/mol. The molecule has 1 aromatic heterocycles. The fraction of sp³-hybridized carbons (Fsp3) is 0.667. The van der Waals surface area contributed by atoms with Crippen LogP contribution in [0.3, 0.4) is 0 Å². The maximum Gasteiger partial charge on any atom is 0.159 e. The number of rotatable bonds is 19. The van der Waals surface area contributed by atoms with Gasteiger partial charge in [-0.3, -0.25) is 0 Å². The lowest BCUT2D eigenvalue weighted by Gasteiger charge is -2.13. The van der Waals surface area contributed by atoms with Crippen LogP contribution in [0.5, 0.6) is 5.75 Å². The largest absolute Gasteiger partial charge is 0.491 e. The highest BCUT2D eigenvalue weighted by Gasteiger charge is 2.10. The van der Waals surface area contributed by atoms with Crippen LogP contribution in [0.2, 0.25) is 0 Å². The Morgan fingerprint density at radius 2 is 1.38 bits per heavy atom. The average Bonchev–Trinajstić information content (AvgIpc) is 2.86. The maximum absolute atomic E-state index is 14.2. The van der Waals surface area contributed by atoms with Gasteiger partial charge in [0.1, 0.15) is 18.5 Å². The van der Waals surface area contributed by atoms with Gasteiger partial charge in [0.2, 0.25) is 0 Å². The van der Waals surface area contributed by atoms with Crippen molar-refractivity contribution in [2.45, 2.75) is 117 Å². The van der Waals surface area contributed by atoms with Gasteiger partial charge in [-0.25, -0.2) is 14.4 Å². The number of aryl methyl sites for hydroxylation is 1. The molecule has 1 aromatic carbocycles. The van der Waals surface area contributed by atoms with Crippen LogP contribution in [0, 0.1) is 5.92 Å². The molecular weight excluding hydrogens is 423 g/mol. The minimum absolute atomic E-state index is 0.118. The summed E-state index contributed by atoms with van der Waals surface area (Å²) in [7, 11) is 0. The van der Waals surface area contributed by atoms with E-state index in [1.807, 2.05) is 36.7 Å². The maximum atomic E-state index is 14.2. The SMILES string of the molecule is CCCCCCCCc1cnc(-c2ccc(OCC(F)CCCC(C)CCCCC)cc2)nc1. The first-order chi connectivity index (χ1) is 16.6. The first-order valence-corrected chi connectivity index (χ1v) is 13.8. The molecule has 2 unspecified atom stereocenters. The number of hydrogen-bond acceptors (Lipinski definition) is 3. The van der Waals surface area contributed by atoms with E-state index in [-0.39, 0.29) is 6.61 Å². The molecule has 34 heavy (non-hydrogen) atoms. The number of unbranched alkanes of at least 4 members (excludes halogenated alkanes) is 7. The summed E-state index contributed by atoms with van der Waals surface area (Å²) in [5, 5.41) is 0. The van der Waals surface area contributed by atoms with Crippen molar-refractivity contribution in [1.29, 1.82) is 0 Å². The van der Waals surface area contributed by atoms with E-state index >= 15 is 0 Å². The standard InChI is InChI=1S/C30H47FN2O/c1-4-6-8-9-10-12-16-26-22-32-30(33-23-26)27-18-20-29(21-19-27)34-24-28(31)17-13-15-25(3)14-11-7-5-2/h18-23,25,28H,4-17,24H2,1-3H3. The van der Waals surface area contributed by atoms with Crippen molar-refractivity contribution >= 4 is 0 Å². The molecule has 0 aliphatic heterocycles. The van der Waals surface area contributed by atoms with Crippen molar-refractivity contribution in [3.05, 3.63) is 42.2 Å². The van der Waals surface area contributed by atoms with Gasteiger partial charge in [0.15, 0.2) is 5.82 Å². The summed E-state index contributed by atoms with van der Waals surface area (Å²) in [5.74, 6) is 2.10. The summed E-state index contributed by atoms with van der Waals surface area (Å²) in [6, 6.07) is 7.66.